The van der Waals surface area contributed by atoms with Crippen molar-refractivity contribution in [2.45, 2.75) is 33.1 Å². The van der Waals surface area contributed by atoms with E-state index < -0.39 is 17.4 Å². The number of carboxylic acid groups (broad SMARTS) is 2. The summed E-state index contributed by atoms with van der Waals surface area (Å²) in [6, 6.07) is 9.84. The van der Waals surface area contributed by atoms with Crippen LogP contribution in [0.5, 0.6) is 11.5 Å². The summed E-state index contributed by atoms with van der Waals surface area (Å²) in [5, 5.41) is 37.6. The normalized spacial score (nSPS) is 9.76. The maximum atomic E-state index is 11.7. The van der Waals surface area contributed by atoms with E-state index in [1.54, 1.807) is 0 Å². The second kappa shape index (κ2) is 9.97. The van der Waals surface area contributed by atoms with Crippen molar-refractivity contribution in [3.05, 3.63) is 59.7 Å². The van der Waals surface area contributed by atoms with E-state index in [2.05, 4.69) is 0 Å². The number of phenols is 2. The highest BCUT2D eigenvalue weighted by Gasteiger charge is 2.50. The van der Waals surface area contributed by atoms with Gasteiger partial charge in [-0.15, -0.1) is 0 Å². The fourth-order valence-electron chi connectivity index (χ4n) is 2.17. The largest absolute Gasteiger partial charge is 0.508 e. The predicted octanol–water partition coefficient (Wildman–Crippen LogP) is 3.61. The molecule has 0 aliphatic rings. The van der Waals surface area contributed by atoms with Crippen LogP contribution in [-0.4, -0.2) is 32.4 Å². The highest BCUT2D eigenvalue weighted by Crippen LogP contribution is 2.35. The molecule has 0 saturated heterocycles. The van der Waals surface area contributed by atoms with Crippen LogP contribution in [-0.2, 0) is 15.0 Å². The van der Waals surface area contributed by atoms with Crippen LogP contribution in [0.3, 0.4) is 0 Å². The molecule has 0 atom stereocenters. The summed E-state index contributed by atoms with van der Waals surface area (Å²) in [5.74, 6) is -3.33. The van der Waals surface area contributed by atoms with Gasteiger partial charge in [-0.3, -0.25) is 9.59 Å². The number of rotatable bonds is 4. The van der Waals surface area contributed by atoms with Crippen LogP contribution in [0.25, 0.3) is 0 Å². The Morgan fingerprint density at radius 3 is 1.08 bits per heavy atom. The van der Waals surface area contributed by atoms with E-state index in [4.69, 9.17) is 0 Å². The number of hydrogen-bond donors (Lipinski definition) is 4. The average Bonchev–Trinajstić information content (AvgIpc) is 2.61. The molecular formula is C19H24O6. The van der Waals surface area contributed by atoms with Crippen LogP contribution in [0.2, 0.25) is 0 Å². The minimum Gasteiger partial charge on any atom is -0.508 e. The van der Waals surface area contributed by atoms with Crippen molar-refractivity contribution in [2.75, 3.05) is 0 Å². The van der Waals surface area contributed by atoms with Crippen molar-refractivity contribution >= 4 is 11.9 Å². The van der Waals surface area contributed by atoms with Crippen molar-refractivity contribution in [3.63, 3.8) is 0 Å². The van der Waals surface area contributed by atoms with Gasteiger partial charge < -0.3 is 20.4 Å². The number of aromatic hydroxyl groups is 2. The quantitative estimate of drug-likeness (QED) is 0.628. The molecule has 0 fully saturated rings. The Hall–Kier alpha value is -3.02. The molecule has 6 nitrogen and oxygen atoms in total. The molecule has 0 bridgehead atoms. The fourth-order valence-corrected chi connectivity index (χ4v) is 2.17. The zero-order valence-corrected chi connectivity index (χ0v) is 14.7. The Bertz CT molecular complexity index is 613. The maximum absolute atomic E-state index is 11.7. The Morgan fingerprint density at radius 2 is 0.880 bits per heavy atom. The van der Waals surface area contributed by atoms with Gasteiger partial charge in [0.15, 0.2) is 0 Å². The van der Waals surface area contributed by atoms with Gasteiger partial charge in [0, 0.05) is 0 Å². The highest BCUT2D eigenvalue weighted by molar-refractivity contribution is 6.08. The van der Waals surface area contributed by atoms with Gasteiger partial charge in [0.1, 0.15) is 11.5 Å². The number of benzene rings is 2. The van der Waals surface area contributed by atoms with Crippen LogP contribution in [0, 0.1) is 0 Å². The molecule has 25 heavy (non-hydrogen) atoms. The summed E-state index contributed by atoms with van der Waals surface area (Å²) < 4.78 is 0. The average molecular weight is 348 g/mol. The van der Waals surface area contributed by atoms with Gasteiger partial charge >= 0.3 is 11.9 Å². The fraction of sp³-hybridized carbons (Fsp3) is 0.263. The molecule has 0 saturated carbocycles. The number of carbonyl (C=O) groups is 2. The topological polar surface area (TPSA) is 115 Å². The van der Waals surface area contributed by atoms with Gasteiger partial charge in [0.2, 0.25) is 5.41 Å². The van der Waals surface area contributed by atoms with E-state index in [1.807, 2.05) is 27.7 Å². The standard InChI is InChI=1S/C15H12O6.2C2H6/c16-11-5-1-9(2-6-11)15(13(18)19,14(20)21)10-3-7-12(17)8-4-10;2*1-2/h1-8,16-17H,(H,18,19)(H,20,21);2*1-2H3. The van der Waals surface area contributed by atoms with Gasteiger partial charge in [-0.1, -0.05) is 52.0 Å². The zero-order valence-electron chi connectivity index (χ0n) is 14.7. The van der Waals surface area contributed by atoms with E-state index >= 15 is 0 Å². The summed E-state index contributed by atoms with van der Waals surface area (Å²) in [7, 11) is 0. The van der Waals surface area contributed by atoms with Gasteiger partial charge in [0.05, 0.1) is 0 Å². The van der Waals surface area contributed by atoms with Crippen molar-refractivity contribution in [1.29, 1.82) is 0 Å². The molecular weight excluding hydrogens is 324 g/mol. The highest BCUT2D eigenvalue weighted by atomic mass is 16.4. The second-order valence-corrected chi connectivity index (χ2v) is 4.45. The first-order chi connectivity index (χ1) is 11.9. The molecule has 0 radical (unpaired) electrons. The van der Waals surface area contributed by atoms with E-state index in [0.717, 1.165) is 0 Å². The van der Waals surface area contributed by atoms with E-state index in [9.17, 15) is 30.0 Å². The van der Waals surface area contributed by atoms with Crippen LogP contribution >= 0.6 is 0 Å². The molecule has 4 N–H and O–H groups in total. The third kappa shape index (κ3) is 4.50. The monoisotopic (exact) mass is 348 g/mol. The van der Waals surface area contributed by atoms with E-state index in [1.165, 1.54) is 48.5 Å². The summed E-state index contributed by atoms with van der Waals surface area (Å²) in [6.07, 6.45) is 0. The lowest BCUT2D eigenvalue weighted by Crippen LogP contribution is -2.44. The second-order valence-electron chi connectivity index (χ2n) is 4.45. The zero-order chi connectivity index (χ0) is 19.6. The number of hydrogen-bond acceptors (Lipinski definition) is 4. The van der Waals surface area contributed by atoms with Crippen LogP contribution in [0.1, 0.15) is 38.8 Å². The lowest BCUT2D eigenvalue weighted by atomic mass is 9.74. The molecule has 6 heteroatoms. The maximum Gasteiger partial charge on any atom is 0.330 e. The summed E-state index contributed by atoms with van der Waals surface area (Å²) >= 11 is 0. The Morgan fingerprint density at radius 1 is 0.640 bits per heavy atom. The van der Waals surface area contributed by atoms with E-state index in [0.29, 0.717) is 0 Å². The predicted molar refractivity (Wildman–Crippen MR) is 95.0 cm³/mol. The molecule has 0 spiro atoms. The number of carboxylic acids is 2. The third-order valence-electron chi connectivity index (χ3n) is 3.24. The van der Waals surface area contributed by atoms with Crippen LogP contribution in [0.4, 0.5) is 0 Å². The molecule has 0 heterocycles. The smallest absolute Gasteiger partial charge is 0.330 e. The third-order valence-corrected chi connectivity index (χ3v) is 3.24. The number of phenolic OH excluding ortho intramolecular Hbond substituents is 2. The van der Waals surface area contributed by atoms with Gasteiger partial charge in [-0.2, -0.15) is 0 Å². The molecule has 0 aliphatic heterocycles. The molecule has 2 aromatic rings. The Kier molecular flexibility index (Phi) is 8.77. The van der Waals surface area contributed by atoms with Crippen molar-refractivity contribution in [2.24, 2.45) is 0 Å². The van der Waals surface area contributed by atoms with Crippen LogP contribution < -0.4 is 0 Å². The SMILES string of the molecule is CC.CC.O=C(O)C(C(=O)O)(c1ccc(O)cc1)c1ccc(O)cc1. The molecule has 0 aromatic heterocycles. The molecule has 2 rings (SSSR count). The Balaban J connectivity index is 0.00000134. The minimum absolute atomic E-state index is 0.00834. The van der Waals surface area contributed by atoms with Crippen molar-refractivity contribution in [3.8, 4) is 11.5 Å². The lowest BCUT2D eigenvalue weighted by molar-refractivity contribution is -0.155. The molecule has 0 aliphatic carbocycles. The van der Waals surface area contributed by atoms with E-state index in [-0.39, 0.29) is 22.6 Å². The Labute approximate surface area is 147 Å². The van der Waals surface area contributed by atoms with Gasteiger partial charge in [-0.25, -0.2) is 0 Å². The molecule has 2 aromatic carbocycles. The first kappa shape index (κ1) is 22.0. The molecule has 0 amide bonds. The van der Waals surface area contributed by atoms with Gasteiger partial charge in [-0.05, 0) is 35.4 Å². The lowest BCUT2D eigenvalue weighted by Gasteiger charge is -2.26. The summed E-state index contributed by atoms with van der Waals surface area (Å²) in [4.78, 5) is 23.5. The van der Waals surface area contributed by atoms with Gasteiger partial charge in [0.25, 0.3) is 0 Å². The summed E-state index contributed by atoms with van der Waals surface area (Å²) in [6.45, 7) is 8.00. The van der Waals surface area contributed by atoms with Crippen molar-refractivity contribution < 1.29 is 30.0 Å². The first-order valence-electron chi connectivity index (χ1n) is 7.95. The minimum atomic E-state index is -2.32. The molecule has 136 valence electrons. The summed E-state index contributed by atoms with van der Waals surface area (Å²) in [5.41, 5.74) is -2.33. The number of aliphatic carboxylic acids is 2. The molecule has 0 unspecified atom stereocenters. The van der Waals surface area contributed by atoms with Crippen molar-refractivity contribution in [1.82, 2.24) is 0 Å². The first-order valence-corrected chi connectivity index (χ1v) is 7.95. The van der Waals surface area contributed by atoms with Crippen LogP contribution in [0.15, 0.2) is 48.5 Å².